The number of carbonyl (C=O) groups is 2. The van der Waals surface area contributed by atoms with E-state index < -0.39 is 0 Å². The molecule has 0 bridgehead atoms. The lowest BCUT2D eigenvalue weighted by molar-refractivity contribution is 0.0827. The van der Waals surface area contributed by atoms with Crippen LogP contribution in [-0.2, 0) is 6.42 Å². The Bertz CT molecular complexity index is 833. The molecule has 2 amide bonds. The van der Waals surface area contributed by atoms with Gasteiger partial charge in [0.2, 0.25) is 0 Å². The zero-order valence-corrected chi connectivity index (χ0v) is 15.0. The maximum atomic E-state index is 12.7. The molecule has 2 N–H and O–H groups in total. The maximum Gasteiger partial charge on any atom is 0.256 e. The highest BCUT2D eigenvalue weighted by Gasteiger charge is 2.18. The van der Waals surface area contributed by atoms with Gasteiger partial charge in [-0.05, 0) is 48.7 Å². The van der Waals surface area contributed by atoms with Gasteiger partial charge in [0.1, 0.15) is 0 Å². The van der Waals surface area contributed by atoms with E-state index in [-0.39, 0.29) is 11.8 Å². The van der Waals surface area contributed by atoms with E-state index in [1.165, 1.54) is 4.90 Å². The van der Waals surface area contributed by atoms with Crippen LogP contribution in [0.3, 0.4) is 0 Å². The SMILES string of the molecule is CN(C)C(=O)c1cc(NC(=O)c2cccc3c2CCCN3)ccc1Cl. The molecule has 2 aromatic rings. The smallest absolute Gasteiger partial charge is 0.256 e. The third kappa shape index (κ3) is 3.61. The van der Waals surface area contributed by atoms with Crippen LogP contribution in [0.1, 0.15) is 32.7 Å². The molecule has 1 aliphatic heterocycles. The van der Waals surface area contributed by atoms with Crippen molar-refractivity contribution in [1.29, 1.82) is 0 Å². The van der Waals surface area contributed by atoms with Gasteiger partial charge in [0.05, 0.1) is 10.6 Å². The minimum absolute atomic E-state index is 0.189. The van der Waals surface area contributed by atoms with Crippen molar-refractivity contribution in [3.05, 3.63) is 58.1 Å². The predicted molar refractivity (Wildman–Crippen MR) is 101 cm³/mol. The number of nitrogens with zero attached hydrogens (tertiary/aromatic N) is 1. The molecule has 0 saturated heterocycles. The van der Waals surface area contributed by atoms with Crippen LogP contribution in [-0.4, -0.2) is 37.4 Å². The van der Waals surface area contributed by atoms with Gasteiger partial charge < -0.3 is 15.5 Å². The number of nitrogens with one attached hydrogen (secondary N) is 2. The average molecular weight is 358 g/mol. The summed E-state index contributed by atoms with van der Waals surface area (Å²) >= 11 is 6.12. The molecule has 25 heavy (non-hydrogen) atoms. The van der Waals surface area contributed by atoms with Gasteiger partial charge in [-0.15, -0.1) is 0 Å². The van der Waals surface area contributed by atoms with Crippen molar-refractivity contribution >= 4 is 34.8 Å². The van der Waals surface area contributed by atoms with Crippen molar-refractivity contribution in [2.45, 2.75) is 12.8 Å². The second-order valence-corrected chi connectivity index (χ2v) is 6.62. The van der Waals surface area contributed by atoms with Gasteiger partial charge in [0, 0.05) is 37.6 Å². The molecule has 0 fully saturated rings. The summed E-state index contributed by atoms with van der Waals surface area (Å²) in [6.45, 7) is 0.922. The van der Waals surface area contributed by atoms with Gasteiger partial charge in [-0.1, -0.05) is 17.7 Å². The number of anilines is 2. The lowest BCUT2D eigenvalue weighted by Gasteiger charge is -2.20. The highest BCUT2D eigenvalue weighted by molar-refractivity contribution is 6.34. The number of fused-ring (bicyclic) bond motifs is 1. The van der Waals surface area contributed by atoms with E-state index in [0.717, 1.165) is 30.6 Å². The van der Waals surface area contributed by atoms with Crippen LogP contribution in [0, 0.1) is 0 Å². The first-order valence-electron chi connectivity index (χ1n) is 8.15. The lowest BCUT2D eigenvalue weighted by atomic mass is 9.97. The predicted octanol–water partition coefficient (Wildman–Crippen LogP) is 3.65. The van der Waals surface area contributed by atoms with Crippen LogP contribution < -0.4 is 10.6 Å². The van der Waals surface area contributed by atoms with Crippen molar-refractivity contribution in [2.24, 2.45) is 0 Å². The summed E-state index contributed by atoms with van der Waals surface area (Å²) in [7, 11) is 3.32. The molecule has 0 aliphatic carbocycles. The van der Waals surface area contributed by atoms with Crippen molar-refractivity contribution in [1.82, 2.24) is 4.90 Å². The second kappa shape index (κ2) is 7.15. The maximum absolute atomic E-state index is 12.7. The van der Waals surface area contributed by atoms with Crippen LogP contribution >= 0.6 is 11.6 Å². The van der Waals surface area contributed by atoms with Gasteiger partial charge in [-0.25, -0.2) is 0 Å². The number of hydrogen-bond donors (Lipinski definition) is 2. The fourth-order valence-corrected chi connectivity index (χ4v) is 3.13. The molecular formula is C19H20ClN3O2. The number of amides is 2. The fourth-order valence-electron chi connectivity index (χ4n) is 2.93. The molecular weight excluding hydrogens is 338 g/mol. The normalized spacial score (nSPS) is 12.8. The minimum atomic E-state index is -0.206. The molecule has 6 heteroatoms. The largest absolute Gasteiger partial charge is 0.385 e. The molecule has 1 aliphatic rings. The summed E-state index contributed by atoms with van der Waals surface area (Å²) in [6.07, 6.45) is 1.87. The van der Waals surface area contributed by atoms with E-state index in [1.807, 2.05) is 18.2 Å². The second-order valence-electron chi connectivity index (χ2n) is 6.21. The molecule has 2 aromatic carbocycles. The monoisotopic (exact) mass is 357 g/mol. The number of rotatable bonds is 3. The Morgan fingerprint density at radius 2 is 1.96 bits per heavy atom. The fraction of sp³-hybridized carbons (Fsp3) is 0.263. The Labute approximate surface area is 152 Å². The Morgan fingerprint density at radius 1 is 1.16 bits per heavy atom. The van der Waals surface area contributed by atoms with Crippen LogP contribution in [0.5, 0.6) is 0 Å². The highest BCUT2D eigenvalue weighted by atomic mass is 35.5. The Kier molecular flexibility index (Phi) is 4.95. The first-order valence-corrected chi connectivity index (χ1v) is 8.53. The Morgan fingerprint density at radius 3 is 2.72 bits per heavy atom. The quantitative estimate of drug-likeness (QED) is 0.881. The summed E-state index contributed by atoms with van der Waals surface area (Å²) in [5, 5.41) is 6.55. The van der Waals surface area contributed by atoms with E-state index in [1.54, 1.807) is 32.3 Å². The summed E-state index contributed by atoms with van der Waals surface area (Å²) in [5.41, 5.74) is 3.60. The van der Waals surface area contributed by atoms with E-state index in [0.29, 0.717) is 21.8 Å². The minimum Gasteiger partial charge on any atom is -0.385 e. The van der Waals surface area contributed by atoms with Crippen molar-refractivity contribution in [2.75, 3.05) is 31.3 Å². The Hall–Kier alpha value is -2.53. The number of carbonyl (C=O) groups excluding carboxylic acids is 2. The third-order valence-electron chi connectivity index (χ3n) is 4.20. The van der Waals surface area contributed by atoms with Gasteiger partial charge in [-0.3, -0.25) is 9.59 Å². The molecule has 0 saturated carbocycles. The van der Waals surface area contributed by atoms with E-state index >= 15 is 0 Å². The van der Waals surface area contributed by atoms with Crippen LogP contribution in [0.25, 0.3) is 0 Å². The zero-order chi connectivity index (χ0) is 18.0. The highest BCUT2D eigenvalue weighted by Crippen LogP contribution is 2.27. The van der Waals surface area contributed by atoms with Gasteiger partial charge >= 0.3 is 0 Å². The molecule has 0 unspecified atom stereocenters. The van der Waals surface area contributed by atoms with Crippen molar-refractivity contribution in [3.63, 3.8) is 0 Å². The first-order chi connectivity index (χ1) is 12.0. The van der Waals surface area contributed by atoms with Crippen LogP contribution in [0.15, 0.2) is 36.4 Å². The van der Waals surface area contributed by atoms with E-state index in [2.05, 4.69) is 10.6 Å². The topological polar surface area (TPSA) is 61.4 Å². The zero-order valence-electron chi connectivity index (χ0n) is 14.2. The van der Waals surface area contributed by atoms with Gasteiger partial charge in [-0.2, -0.15) is 0 Å². The summed E-state index contributed by atoms with van der Waals surface area (Å²) in [6, 6.07) is 10.6. The van der Waals surface area contributed by atoms with Crippen molar-refractivity contribution < 1.29 is 9.59 Å². The van der Waals surface area contributed by atoms with Crippen LogP contribution in [0.2, 0.25) is 5.02 Å². The molecule has 3 rings (SSSR count). The first kappa shape index (κ1) is 17.3. The summed E-state index contributed by atoms with van der Waals surface area (Å²) < 4.78 is 0. The molecule has 1 heterocycles. The molecule has 0 atom stereocenters. The van der Waals surface area contributed by atoms with Crippen molar-refractivity contribution in [3.8, 4) is 0 Å². The molecule has 130 valence electrons. The number of halogens is 1. The molecule has 0 spiro atoms. The standard InChI is InChI=1S/C19H20ClN3O2/c1-23(2)19(25)15-11-12(8-9-16(15)20)22-18(24)14-5-3-7-17-13(14)6-4-10-21-17/h3,5,7-9,11,21H,4,6,10H2,1-2H3,(H,22,24). The molecule has 5 nitrogen and oxygen atoms in total. The van der Waals surface area contributed by atoms with Gasteiger partial charge in [0.25, 0.3) is 11.8 Å². The van der Waals surface area contributed by atoms with E-state index in [4.69, 9.17) is 11.6 Å². The molecule has 0 radical (unpaired) electrons. The molecule has 0 aromatic heterocycles. The lowest BCUT2D eigenvalue weighted by Crippen LogP contribution is -2.22. The number of benzene rings is 2. The third-order valence-corrected chi connectivity index (χ3v) is 4.53. The summed E-state index contributed by atoms with van der Waals surface area (Å²) in [5.74, 6) is -0.395. The number of hydrogen-bond acceptors (Lipinski definition) is 3. The Balaban J connectivity index is 1.87. The van der Waals surface area contributed by atoms with E-state index in [9.17, 15) is 9.59 Å². The average Bonchev–Trinajstić information content (AvgIpc) is 2.62. The summed E-state index contributed by atoms with van der Waals surface area (Å²) in [4.78, 5) is 26.4. The van der Waals surface area contributed by atoms with Crippen LogP contribution in [0.4, 0.5) is 11.4 Å². The van der Waals surface area contributed by atoms with Gasteiger partial charge in [0.15, 0.2) is 0 Å².